The minimum Gasteiger partial charge on any atom is -0.379 e. The average Bonchev–Trinajstić information content (AvgIpc) is 3.27. The molecule has 0 spiro atoms. The third kappa shape index (κ3) is 8.14. The maximum absolute atomic E-state index is 11.2. The highest BCUT2D eigenvalue weighted by Gasteiger charge is 2.09. The molecular formula is C26H33N3O4. The highest BCUT2D eigenvalue weighted by molar-refractivity contribution is 5.90. The van der Waals surface area contributed by atoms with E-state index in [0.717, 1.165) is 37.1 Å². The fourth-order valence-corrected chi connectivity index (χ4v) is 3.65. The maximum atomic E-state index is 11.2. The molecule has 0 saturated carbocycles. The molecule has 1 amide bonds. The summed E-state index contributed by atoms with van der Waals surface area (Å²) in [5.41, 5.74) is 6.15. The molecule has 0 bridgehead atoms. The summed E-state index contributed by atoms with van der Waals surface area (Å²) in [6, 6.07) is 16.4. The monoisotopic (exact) mass is 451 g/mol. The Morgan fingerprint density at radius 2 is 1.85 bits per heavy atom. The summed E-state index contributed by atoms with van der Waals surface area (Å²) >= 11 is 0. The van der Waals surface area contributed by atoms with Gasteiger partial charge in [-0.1, -0.05) is 42.5 Å². The molecule has 1 heterocycles. The first kappa shape index (κ1) is 24.7. The molecule has 0 aliphatic carbocycles. The van der Waals surface area contributed by atoms with E-state index in [1.807, 2.05) is 25.1 Å². The molecule has 176 valence electrons. The van der Waals surface area contributed by atoms with E-state index in [4.69, 9.17) is 14.7 Å². The number of nitrogens with one attached hydrogen (secondary N) is 2. The Kier molecular flexibility index (Phi) is 10.1. The molecule has 0 unspecified atom stereocenters. The van der Waals surface area contributed by atoms with E-state index in [0.29, 0.717) is 26.4 Å². The van der Waals surface area contributed by atoms with Crippen LogP contribution in [0.15, 0.2) is 60.8 Å². The number of benzene rings is 2. The molecular weight excluding hydrogens is 418 g/mol. The van der Waals surface area contributed by atoms with Crippen LogP contribution in [0.5, 0.6) is 0 Å². The first-order valence-electron chi connectivity index (χ1n) is 11.3. The maximum Gasteiger partial charge on any atom is 0.267 e. The lowest BCUT2D eigenvalue weighted by molar-refractivity contribution is -0.124. The van der Waals surface area contributed by atoms with Crippen molar-refractivity contribution in [2.45, 2.75) is 19.9 Å². The number of hydrogen-bond acceptors (Lipinski definition) is 5. The van der Waals surface area contributed by atoms with E-state index in [9.17, 15) is 4.79 Å². The van der Waals surface area contributed by atoms with Crippen LogP contribution in [0.4, 0.5) is 0 Å². The Morgan fingerprint density at radius 1 is 1.06 bits per heavy atom. The number of aromatic amines is 1. The van der Waals surface area contributed by atoms with Gasteiger partial charge in [-0.2, -0.15) is 0 Å². The minimum atomic E-state index is -0.549. The van der Waals surface area contributed by atoms with Crippen LogP contribution in [0.2, 0.25) is 0 Å². The second-order valence-electron chi connectivity index (χ2n) is 7.75. The highest BCUT2D eigenvalue weighted by Crippen LogP contribution is 2.19. The topological polar surface area (TPSA) is 86.8 Å². The molecule has 2 aromatic carbocycles. The van der Waals surface area contributed by atoms with Gasteiger partial charge in [0.2, 0.25) is 0 Å². The summed E-state index contributed by atoms with van der Waals surface area (Å²) in [4.78, 5) is 16.9. The highest BCUT2D eigenvalue weighted by atomic mass is 16.5. The molecule has 3 N–H and O–H groups in total. The van der Waals surface area contributed by atoms with Crippen molar-refractivity contribution in [3.63, 3.8) is 0 Å². The van der Waals surface area contributed by atoms with Crippen molar-refractivity contribution < 1.29 is 19.5 Å². The molecule has 0 radical (unpaired) electrons. The lowest BCUT2D eigenvalue weighted by atomic mass is 10.1. The predicted molar refractivity (Wildman–Crippen MR) is 130 cm³/mol. The number of aromatic nitrogens is 1. The van der Waals surface area contributed by atoms with Gasteiger partial charge in [-0.05, 0) is 42.2 Å². The van der Waals surface area contributed by atoms with Gasteiger partial charge < -0.3 is 14.5 Å². The lowest BCUT2D eigenvalue weighted by Gasteiger charge is -2.22. The van der Waals surface area contributed by atoms with E-state index < -0.39 is 5.91 Å². The molecule has 0 saturated heterocycles. The number of carbonyl (C=O) groups excluding carboxylic acids is 1. The number of fused-ring (bicyclic) bond motifs is 1. The van der Waals surface area contributed by atoms with Gasteiger partial charge in [0.15, 0.2) is 0 Å². The zero-order valence-corrected chi connectivity index (χ0v) is 19.1. The molecule has 3 rings (SSSR count). The van der Waals surface area contributed by atoms with Crippen molar-refractivity contribution in [1.29, 1.82) is 0 Å². The van der Waals surface area contributed by atoms with Crippen LogP contribution >= 0.6 is 0 Å². The standard InChI is InChI=1S/C26H33N3O4/c1-2-32-17-18-33-16-15-29(14-13-23-19-27-25-6-4-3-5-24(23)25)20-22-9-7-21(8-10-22)11-12-26(30)28-31/h3-12,19,27,31H,2,13-18,20H2,1H3,(H,28,30)/b12-11+. The molecule has 1 aromatic heterocycles. The van der Waals surface area contributed by atoms with Crippen molar-refractivity contribution in [3.8, 4) is 0 Å². The largest absolute Gasteiger partial charge is 0.379 e. The summed E-state index contributed by atoms with van der Waals surface area (Å²) in [6.07, 6.45) is 6.00. The molecule has 0 aliphatic rings. The van der Waals surface area contributed by atoms with Crippen molar-refractivity contribution in [2.75, 3.05) is 39.5 Å². The number of carbonyl (C=O) groups is 1. The number of hydroxylamine groups is 1. The number of nitrogens with zero attached hydrogens (tertiary/aromatic N) is 1. The van der Waals surface area contributed by atoms with Crippen molar-refractivity contribution in [3.05, 3.63) is 77.5 Å². The van der Waals surface area contributed by atoms with Gasteiger partial charge in [0.25, 0.3) is 5.91 Å². The van der Waals surface area contributed by atoms with Crippen LogP contribution in [0.25, 0.3) is 17.0 Å². The van der Waals surface area contributed by atoms with E-state index in [2.05, 4.69) is 46.4 Å². The molecule has 0 aliphatic heterocycles. The van der Waals surface area contributed by atoms with Crippen LogP contribution in [-0.2, 0) is 27.2 Å². The summed E-state index contributed by atoms with van der Waals surface area (Å²) in [6.45, 7) is 7.10. The number of ether oxygens (including phenoxy) is 2. The van der Waals surface area contributed by atoms with Gasteiger partial charge >= 0.3 is 0 Å². The average molecular weight is 452 g/mol. The van der Waals surface area contributed by atoms with Gasteiger partial charge in [-0.25, -0.2) is 5.48 Å². The molecule has 0 fully saturated rings. The molecule has 33 heavy (non-hydrogen) atoms. The van der Waals surface area contributed by atoms with E-state index >= 15 is 0 Å². The smallest absolute Gasteiger partial charge is 0.267 e. The summed E-state index contributed by atoms with van der Waals surface area (Å²) in [5.74, 6) is -0.549. The number of para-hydroxylation sites is 1. The van der Waals surface area contributed by atoms with Crippen LogP contribution in [0.1, 0.15) is 23.6 Å². The second kappa shape index (κ2) is 13.5. The Bertz CT molecular complexity index is 1010. The van der Waals surface area contributed by atoms with Crippen LogP contribution in [0, 0.1) is 0 Å². The number of rotatable bonds is 14. The Balaban J connectivity index is 1.59. The Labute approximate surface area is 195 Å². The predicted octanol–water partition coefficient (Wildman–Crippen LogP) is 3.78. The Morgan fingerprint density at radius 3 is 2.64 bits per heavy atom. The molecule has 7 heteroatoms. The van der Waals surface area contributed by atoms with Gasteiger partial charge in [-0.3, -0.25) is 14.9 Å². The zero-order valence-electron chi connectivity index (χ0n) is 19.1. The van der Waals surface area contributed by atoms with Crippen molar-refractivity contribution in [1.82, 2.24) is 15.4 Å². The van der Waals surface area contributed by atoms with Crippen LogP contribution in [0.3, 0.4) is 0 Å². The van der Waals surface area contributed by atoms with E-state index in [-0.39, 0.29) is 0 Å². The number of amides is 1. The molecule has 0 atom stereocenters. The summed E-state index contributed by atoms with van der Waals surface area (Å²) in [7, 11) is 0. The second-order valence-corrected chi connectivity index (χ2v) is 7.75. The third-order valence-electron chi connectivity index (χ3n) is 5.42. The van der Waals surface area contributed by atoms with Gasteiger partial charge in [-0.15, -0.1) is 0 Å². The SMILES string of the molecule is CCOCCOCCN(CCc1c[nH]c2ccccc12)Cc1ccc(/C=C/C(=O)NO)cc1. The molecule has 7 nitrogen and oxygen atoms in total. The molecule has 3 aromatic rings. The zero-order chi connectivity index (χ0) is 23.3. The van der Waals surface area contributed by atoms with E-state index in [1.165, 1.54) is 22.6 Å². The normalized spacial score (nSPS) is 11.6. The van der Waals surface area contributed by atoms with Gasteiger partial charge in [0.1, 0.15) is 0 Å². The first-order chi connectivity index (χ1) is 16.2. The first-order valence-corrected chi connectivity index (χ1v) is 11.3. The van der Waals surface area contributed by atoms with Crippen molar-refractivity contribution >= 4 is 22.9 Å². The summed E-state index contributed by atoms with van der Waals surface area (Å²) in [5, 5.41) is 9.86. The van der Waals surface area contributed by atoms with E-state index in [1.54, 1.807) is 11.6 Å². The quantitative estimate of drug-likeness (QED) is 0.150. The fraction of sp³-hybridized carbons (Fsp3) is 0.346. The van der Waals surface area contributed by atoms with Gasteiger partial charge in [0.05, 0.1) is 19.8 Å². The van der Waals surface area contributed by atoms with Gasteiger partial charge in [0, 0.05) is 49.4 Å². The fourth-order valence-electron chi connectivity index (χ4n) is 3.65. The number of H-pyrrole nitrogens is 1. The minimum absolute atomic E-state index is 0.549. The summed E-state index contributed by atoms with van der Waals surface area (Å²) < 4.78 is 11.1. The number of hydrogen-bond donors (Lipinski definition) is 3. The van der Waals surface area contributed by atoms with Crippen LogP contribution < -0.4 is 5.48 Å². The lowest BCUT2D eigenvalue weighted by Crippen LogP contribution is -2.29. The van der Waals surface area contributed by atoms with Crippen LogP contribution in [-0.4, -0.2) is 60.5 Å². The van der Waals surface area contributed by atoms with Crippen molar-refractivity contribution in [2.24, 2.45) is 0 Å². The third-order valence-corrected chi connectivity index (χ3v) is 5.42. The Hall–Kier alpha value is -2.97.